The lowest BCUT2D eigenvalue weighted by molar-refractivity contribution is -0.197. The van der Waals surface area contributed by atoms with Crippen molar-refractivity contribution < 1.29 is 19.3 Å². The molecule has 0 radical (unpaired) electrons. The summed E-state index contributed by atoms with van der Waals surface area (Å²) in [5.74, 6) is -0.517. The first-order valence-electron chi connectivity index (χ1n) is 4.97. The smallest absolute Gasteiger partial charge is 0.162 e. The fraction of sp³-hybridized carbons (Fsp3) is 1.00. The Hall–Kier alpha value is -0.160. The van der Waals surface area contributed by atoms with Crippen LogP contribution in [-0.2, 0) is 14.2 Å². The zero-order valence-electron chi connectivity index (χ0n) is 9.21. The second kappa shape index (κ2) is 4.57. The van der Waals surface area contributed by atoms with Crippen LogP contribution in [0, 0.1) is 0 Å². The van der Waals surface area contributed by atoms with Crippen molar-refractivity contribution in [3.8, 4) is 0 Å². The Kier molecular flexibility index (Phi) is 3.89. The third-order valence-electron chi connectivity index (χ3n) is 2.56. The van der Waals surface area contributed by atoms with E-state index in [4.69, 9.17) is 19.3 Å². The number of aliphatic hydroxyl groups is 1. The summed E-state index contributed by atoms with van der Waals surface area (Å²) in [6.07, 6.45) is 1.73. The number of hydrogen-bond acceptors (Lipinski definition) is 4. The lowest BCUT2D eigenvalue weighted by Crippen LogP contribution is -2.27. The standard InChI is InChI=1S/C10H20O4/c1-9(2,12-3)13-6-4-5-10(7-11)8-14-10/h11H,4-8H2,1-3H3. The van der Waals surface area contributed by atoms with Crippen molar-refractivity contribution in [2.24, 2.45) is 0 Å². The maximum atomic E-state index is 8.97. The quantitative estimate of drug-likeness (QED) is 0.381. The Morgan fingerprint density at radius 1 is 1.50 bits per heavy atom. The van der Waals surface area contributed by atoms with Gasteiger partial charge in [-0.05, 0) is 26.7 Å². The molecule has 0 aromatic rings. The molecule has 1 aliphatic rings. The lowest BCUT2D eigenvalue weighted by atomic mass is 10.1. The predicted octanol–water partition coefficient (Wildman–Crippen LogP) is 0.927. The van der Waals surface area contributed by atoms with Crippen LogP contribution in [0.25, 0.3) is 0 Å². The minimum Gasteiger partial charge on any atom is -0.393 e. The molecule has 1 fully saturated rings. The molecule has 4 nitrogen and oxygen atoms in total. The molecule has 1 N–H and O–H groups in total. The summed E-state index contributed by atoms with van der Waals surface area (Å²) in [6, 6.07) is 0. The molecule has 0 spiro atoms. The van der Waals surface area contributed by atoms with Gasteiger partial charge in [0.1, 0.15) is 5.60 Å². The van der Waals surface area contributed by atoms with Gasteiger partial charge in [0.25, 0.3) is 0 Å². The summed E-state index contributed by atoms with van der Waals surface area (Å²) in [6.45, 7) is 5.18. The Labute approximate surface area is 85.2 Å². The van der Waals surface area contributed by atoms with Crippen LogP contribution >= 0.6 is 0 Å². The highest BCUT2D eigenvalue weighted by atomic mass is 16.7. The van der Waals surface area contributed by atoms with Crippen molar-refractivity contribution in [1.82, 2.24) is 0 Å². The first kappa shape index (κ1) is 11.9. The van der Waals surface area contributed by atoms with Crippen LogP contribution in [0.3, 0.4) is 0 Å². The van der Waals surface area contributed by atoms with Gasteiger partial charge in [0.05, 0.1) is 19.8 Å². The first-order chi connectivity index (χ1) is 6.54. The third kappa shape index (κ3) is 3.53. The van der Waals surface area contributed by atoms with E-state index in [9.17, 15) is 0 Å². The molecule has 1 unspecified atom stereocenters. The first-order valence-corrected chi connectivity index (χ1v) is 4.97. The van der Waals surface area contributed by atoms with Gasteiger partial charge in [0.15, 0.2) is 5.79 Å². The molecule has 0 bridgehead atoms. The van der Waals surface area contributed by atoms with Gasteiger partial charge >= 0.3 is 0 Å². The van der Waals surface area contributed by atoms with Crippen LogP contribution < -0.4 is 0 Å². The maximum Gasteiger partial charge on any atom is 0.162 e. The summed E-state index contributed by atoms with van der Waals surface area (Å²) in [4.78, 5) is 0. The molecule has 84 valence electrons. The highest BCUT2D eigenvalue weighted by molar-refractivity contribution is 4.90. The van der Waals surface area contributed by atoms with Crippen molar-refractivity contribution in [3.63, 3.8) is 0 Å². The van der Waals surface area contributed by atoms with E-state index in [1.807, 2.05) is 13.8 Å². The van der Waals surface area contributed by atoms with Gasteiger partial charge in [0.2, 0.25) is 0 Å². The molecule has 0 aromatic carbocycles. The summed E-state index contributed by atoms with van der Waals surface area (Å²) in [5, 5.41) is 8.97. The predicted molar refractivity (Wildman–Crippen MR) is 52.0 cm³/mol. The fourth-order valence-electron chi connectivity index (χ4n) is 1.19. The molecule has 1 saturated heterocycles. The van der Waals surface area contributed by atoms with Crippen LogP contribution in [0.2, 0.25) is 0 Å². The fourth-order valence-corrected chi connectivity index (χ4v) is 1.19. The van der Waals surface area contributed by atoms with E-state index in [2.05, 4.69) is 0 Å². The molecular formula is C10H20O4. The average molecular weight is 204 g/mol. The summed E-state index contributed by atoms with van der Waals surface area (Å²) in [5.41, 5.74) is -0.249. The van der Waals surface area contributed by atoms with E-state index in [1.165, 1.54) is 0 Å². The maximum absolute atomic E-state index is 8.97. The molecule has 0 amide bonds. The highest BCUT2D eigenvalue weighted by Crippen LogP contribution is 2.31. The summed E-state index contributed by atoms with van der Waals surface area (Å²) in [7, 11) is 1.62. The summed E-state index contributed by atoms with van der Waals surface area (Å²) < 4.78 is 15.8. The molecule has 0 saturated carbocycles. The van der Waals surface area contributed by atoms with Gasteiger partial charge in [-0.2, -0.15) is 0 Å². The molecular weight excluding hydrogens is 184 g/mol. The van der Waals surface area contributed by atoms with E-state index >= 15 is 0 Å². The van der Waals surface area contributed by atoms with Crippen LogP contribution in [0.5, 0.6) is 0 Å². The molecule has 1 aliphatic heterocycles. The van der Waals surface area contributed by atoms with E-state index in [0.29, 0.717) is 13.2 Å². The van der Waals surface area contributed by atoms with E-state index in [1.54, 1.807) is 7.11 Å². The van der Waals surface area contributed by atoms with Crippen LogP contribution in [-0.4, -0.2) is 43.4 Å². The Bertz CT molecular complexity index is 167. The van der Waals surface area contributed by atoms with E-state index in [-0.39, 0.29) is 12.2 Å². The van der Waals surface area contributed by atoms with E-state index in [0.717, 1.165) is 12.8 Å². The van der Waals surface area contributed by atoms with Crippen LogP contribution in [0.15, 0.2) is 0 Å². The monoisotopic (exact) mass is 204 g/mol. The molecule has 14 heavy (non-hydrogen) atoms. The number of aliphatic hydroxyl groups excluding tert-OH is 1. The zero-order chi connectivity index (χ0) is 10.7. The molecule has 1 atom stereocenters. The normalized spacial score (nSPS) is 26.6. The highest BCUT2D eigenvalue weighted by Gasteiger charge is 2.43. The van der Waals surface area contributed by atoms with E-state index < -0.39 is 5.79 Å². The topological polar surface area (TPSA) is 51.2 Å². The number of ether oxygens (including phenoxy) is 3. The molecule has 1 heterocycles. The number of methoxy groups -OCH3 is 1. The van der Waals surface area contributed by atoms with Crippen molar-refractivity contribution in [1.29, 1.82) is 0 Å². The van der Waals surface area contributed by atoms with Gasteiger partial charge in [0, 0.05) is 7.11 Å². The third-order valence-corrected chi connectivity index (χ3v) is 2.56. The van der Waals surface area contributed by atoms with Gasteiger partial charge in [-0.25, -0.2) is 0 Å². The lowest BCUT2D eigenvalue weighted by Gasteiger charge is -2.23. The average Bonchev–Trinajstić information content (AvgIpc) is 2.94. The van der Waals surface area contributed by atoms with Crippen molar-refractivity contribution in [2.75, 3.05) is 26.9 Å². The number of epoxide rings is 1. The van der Waals surface area contributed by atoms with Crippen molar-refractivity contribution in [2.45, 2.75) is 38.1 Å². The van der Waals surface area contributed by atoms with Gasteiger partial charge < -0.3 is 19.3 Å². The Morgan fingerprint density at radius 2 is 2.14 bits per heavy atom. The second-order valence-electron chi connectivity index (χ2n) is 4.19. The number of hydrogen-bond donors (Lipinski definition) is 1. The number of rotatable bonds is 7. The Balaban J connectivity index is 2.05. The minimum absolute atomic E-state index is 0.112. The van der Waals surface area contributed by atoms with Gasteiger partial charge in [-0.1, -0.05) is 0 Å². The minimum atomic E-state index is -0.517. The molecule has 4 heteroatoms. The van der Waals surface area contributed by atoms with Gasteiger partial charge in [-0.3, -0.25) is 0 Å². The summed E-state index contributed by atoms with van der Waals surface area (Å²) >= 11 is 0. The zero-order valence-corrected chi connectivity index (χ0v) is 9.21. The largest absolute Gasteiger partial charge is 0.393 e. The molecule has 1 rings (SSSR count). The van der Waals surface area contributed by atoms with Gasteiger partial charge in [-0.15, -0.1) is 0 Å². The van der Waals surface area contributed by atoms with Crippen LogP contribution in [0.1, 0.15) is 26.7 Å². The van der Waals surface area contributed by atoms with Crippen molar-refractivity contribution in [3.05, 3.63) is 0 Å². The van der Waals surface area contributed by atoms with Crippen LogP contribution in [0.4, 0.5) is 0 Å². The molecule has 0 aromatic heterocycles. The Morgan fingerprint density at radius 3 is 2.57 bits per heavy atom. The molecule has 0 aliphatic carbocycles. The second-order valence-corrected chi connectivity index (χ2v) is 4.19. The SMILES string of the molecule is COC(C)(C)OCCCC1(CO)CO1. The van der Waals surface area contributed by atoms with Crippen molar-refractivity contribution >= 4 is 0 Å².